The number of aliphatic carboxylic acids is 1. The van der Waals surface area contributed by atoms with E-state index in [1.54, 1.807) is 18.2 Å². The third-order valence-electron chi connectivity index (χ3n) is 7.45. The summed E-state index contributed by atoms with van der Waals surface area (Å²) < 4.78 is 9.35. The molecular weight excluding hydrogens is 570 g/mol. The van der Waals surface area contributed by atoms with Crippen LogP contribution in [0.3, 0.4) is 0 Å². The first-order chi connectivity index (χ1) is 21.0. The van der Waals surface area contributed by atoms with Gasteiger partial charge < -0.3 is 30.1 Å². The van der Waals surface area contributed by atoms with Crippen LogP contribution >= 0.6 is 0 Å². The predicted molar refractivity (Wildman–Crippen MR) is 164 cm³/mol. The van der Waals surface area contributed by atoms with Gasteiger partial charge in [0.25, 0.3) is 0 Å². The number of carbonyl (C=O) groups excluding carboxylic acids is 4. The van der Waals surface area contributed by atoms with Crippen LogP contribution in [0, 0.1) is 5.92 Å². The molecule has 11 heteroatoms. The maximum Gasteiger partial charge on any atom is 0.337 e. The lowest BCUT2D eigenvalue weighted by molar-refractivity contribution is -0.173. The van der Waals surface area contributed by atoms with Gasteiger partial charge in [-0.25, -0.2) is 9.59 Å². The predicted octanol–water partition coefficient (Wildman–Crippen LogP) is 4.41. The average molecular weight is 620 g/mol. The zero-order chi connectivity index (χ0) is 33.0. The molecule has 0 aliphatic rings. The number of ketones is 1. The number of amides is 1. The molecule has 1 rings (SSSR count). The van der Waals surface area contributed by atoms with Gasteiger partial charge in [-0.2, -0.15) is 0 Å². The zero-order valence-corrected chi connectivity index (χ0v) is 26.2. The van der Waals surface area contributed by atoms with Gasteiger partial charge in [0.15, 0.2) is 5.60 Å². The molecule has 0 aliphatic heterocycles. The first-order valence-electron chi connectivity index (χ1n) is 15.4. The van der Waals surface area contributed by atoms with E-state index >= 15 is 0 Å². The molecule has 0 aliphatic carbocycles. The van der Waals surface area contributed by atoms with Crippen molar-refractivity contribution >= 4 is 29.6 Å². The van der Waals surface area contributed by atoms with Crippen LogP contribution < -0.4 is 5.32 Å². The first-order valence-corrected chi connectivity index (χ1v) is 15.4. The number of hydrogen-bond acceptors (Lipinski definition) is 9. The van der Waals surface area contributed by atoms with Crippen LogP contribution in [0.5, 0.6) is 5.75 Å². The molecule has 0 aromatic heterocycles. The summed E-state index contributed by atoms with van der Waals surface area (Å²) in [6.45, 7) is 2.15. The molecule has 44 heavy (non-hydrogen) atoms. The minimum Gasteiger partial charge on any atom is -0.508 e. The molecule has 3 atom stereocenters. The Kier molecular flexibility index (Phi) is 18.3. The molecule has 1 aromatic rings. The number of ether oxygens (including phenoxy) is 2. The molecule has 0 saturated heterocycles. The van der Waals surface area contributed by atoms with Gasteiger partial charge >= 0.3 is 17.9 Å². The second-order valence-corrected chi connectivity index (χ2v) is 11.0. The van der Waals surface area contributed by atoms with Crippen molar-refractivity contribution in [1.82, 2.24) is 5.32 Å². The van der Waals surface area contributed by atoms with E-state index in [4.69, 9.17) is 4.74 Å². The van der Waals surface area contributed by atoms with E-state index in [0.29, 0.717) is 31.2 Å². The standard InChI is InChI=1S/C33H49NO10/c1-4-5-6-9-12-15-25(35)16-13-10-7-8-11-14-17-27(33(42,32(40)41)23-29(37)43-2)30(38)34-28(31(39)44-3)22-24-18-20-26(36)21-19-24/h14,17-21,27-28,36,42H,4-13,15-16,22-23H2,1-3H3,(H,34,38)(H,40,41)/b17-14+. The van der Waals surface area contributed by atoms with E-state index in [-0.39, 0.29) is 18.0 Å². The summed E-state index contributed by atoms with van der Waals surface area (Å²) in [4.78, 5) is 62.1. The number of carboxylic acid groups (broad SMARTS) is 1. The van der Waals surface area contributed by atoms with Crippen LogP contribution in [0.15, 0.2) is 36.4 Å². The molecule has 4 N–H and O–H groups in total. The fourth-order valence-corrected chi connectivity index (χ4v) is 4.76. The molecule has 0 saturated carbocycles. The summed E-state index contributed by atoms with van der Waals surface area (Å²) in [5, 5.41) is 32.9. The number of carboxylic acids is 1. The maximum atomic E-state index is 13.4. The average Bonchev–Trinajstić information content (AvgIpc) is 3.00. The van der Waals surface area contributed by atoms with Crippen molar-refractivity contribution in [1.29, 1.82) is 0 Å². The van der Waals surface area contributed by atoms with E-state index in [9.17, 15) is 39.3 Å². The summed E-state index contributed by atoms with van der Waals surface area (Å²) >= 11 is 0. The first kappa shape index (κ1) is 38.3. The van der Waals surface area contributed by atoms with Crippen LogP contribution in [-0.2, 0) is 39.9 Å². The molecule has 11 nitrogen and oxygen atoms in total. The summed E-state index contributed by atoms with van der Waals surface area (Å²) in [5.41, 5.74) is -2.29. The SMILES string of the molecule is CCCCCCCC(=O)CCCCCC/C=C/C(C(=O)NC(Cc1ccc(O)cc1)C(=O)OC)C(O)(CC(=O)OC)C(=O)O. The highest BCUT2D eigenvalue weighted by Gasteiger charge is 2.49. The van der Waals surface area contributed by atoms with Gasteiger partial charge in [0.1, 0.15) is 17.6 Å². The third-order valence-corrected chi connectivity index (χ3v) is 7.45. The zero-order valence-electron chi connectivity index (χ0n) is 26.2. The van der Waals surface area contributed by atoms with Crippen molar-refractivity contribution in [3.05, 3.63) is 42.0 Å². The van der Waals surface area contributed by atoms with Gasteiger partial charge in [0.2, 0.25) is 5.91 Å². The van der Waals surface area contributed by atoms with E-state index in [1.165, 1.54) is 31.1 Å². The molecule has 0 radical (unpaired) electrons. The summed E-state index contributed by atoms with van der Waals surface area (Å²) in [7, 11) is 2.16. The van der Waals surface area contributed by atoms with Gasteiger partial charge in [-0.15, -0.1) is 0 Å². The minimum absolute atomic E-state index is 0.00796. The molecule has 3 unspecified atom stereocenters. The number of Topliss-reactive ketones (excluding diaryl/α,β-unsaturated/α-hetero) is 1. The second kappa shape index (κ2) is 21.1. The molecule has 0 spiro atoms. The van der Waals surface area contributed by atoms with Crippen LogP contribution in [0.4, 0.5) is 0 Å². The minimum atomic E-state index is -2.86. The molecule has 246 valence electrons. The van der Waals surface area contributed by atoms with Gasteiger partial charge in [0, 0.05) is 19.3 Å². The van der Waals surface area contributed by atoms with Crippen molar-refractivity contribution in [3.63, 3.8) is 0 Å². The number of phenols is 1. The van der Waals surface area contributed by atoms with Gasteiger partial charge in [0.05, 0.1) is 26.6 Å². The summed E-state index contributed by atoms with van der Waals surface area (Å²) in [6, 6.07) is 4.66. The highest BCUT2D eigenvalue weighted by atomic mass is 16.5. The lowest BCUT2D eigenvalue weighted by atomic mass is 9.82. The smallest absolute Gasteiger partial charge is 0.337 e. The van der Waals surface area contributed by atoms with Crippen LogP contribution in [-0.4, -0.2) is 70.8 Å². The second-order valence-electron chi connectivity index (χ2n) is 11.0. The Balaban J connectivity index is 2.87. The van der Waals surface area contributed by atoms with Gasteiger partial charge in [-0.3, -0.25) is 14.4 Å². The number of methoxy groups -OCH3 is 2. The lowest BCUT2D eigenvalue weighted by Gasteiger charge is -2.30. The number of unbranched alkanes of at least 4 members (excludes halogenated alkanes) is 8. The van der Waals surface area contributed by atoms with Crippen LogP contribution in [0.1, 0.15) is 96.0 Å². The number of rotatable bonds is 23. The number of carbonyl (C=O) groups is 5. The number of nitrogens with one attached hydrogen (secondary N) is 1. The Morgan fingerprint density at radius 1 is 0.886 bits per heavy atom. The topological polar surface area (TPSA) is 177 Å². The van der Waals surface area contributed by atoms with Crippen molar-refractivity contribution < 1.29 is 48.8 Å². The molecule has 0 bridgehead atoms. The van der Waals surface area contributed by atoms with Gasteiger partial charge in [-0.1, -0.05) is 69.7 Å². The largest absolute Gasteiger partial charge is 0.508 e. The number of allylic oxidation sites excluding steroid dienone is 1. The Hall–Kier alpha value is -3.73. The molecule has 1 aromatic carbocycles. The molecular formula is C33H49NO10. The van der Waals surface area contributed by atoms with E-state index < -0.39 is 47.8 Å². The number of hydrogen-bond donors (Lipinski definition) is 4. The Morgan fingerprint density at radius 2 is 1.48 bits per heavy atom. The summed E-state index contributed by atoms with van der Waals surface area (Å²) in [5.74, 6) is -6.12. The Labute approximate surface area is 260 Å². The third kappa shape index (κ3) is 14.2. The van der Waals surface area contributed by atoms with E-state index in [0.717, 1.165) is 52.7 Å². The number of aliphatic hydroxyl groups is 1. The van der Waals surface area contributed by atoms with Crippen molar-refractivity contribution in [3.8, 4) is 5.75 Å². The number of phenolic OH excluding ortho intramolecular Hbond substituents is 1. The van der Waals surface area contributed by atoms with Crippen molar-refractivity contribution in [2.45, 2.75) is 108 Å². The highest BCUT2D eigenvalue weighted by Crippen LogP contribution is 2.26. The quantitative estimate of drug-likeness (QED) is 0.0779. The fraction of sp³-hybridized carbons (Fsp3) is 0.606. The van der Waals surface area contributed by atoms with Crippen molar-refractivity contribution in [2.24, 2.45) is 5.92 Å². The van der Waals surface area contributed by atoms with E-state index in [1.807, 2.05) is 0 Å². The molecule has 0 fully saturated rings. The van der Waals surface area contributed by atoms with E-state index in [2.05, 4.69) is 17.0 Å². The van der Waals surface area contributed by atoms with Gasteiger partial charge in [-0.05, 0) is 43.4 Å². The summed E-state index contributed by atoms with van der Waals surface area (Å²) in [6.07, 6.45) is 12.1. The number of esters is 2. The number of aromatic hydroxyl groups is 1. The molecule has 1 amide bonds. The Bertz CT molecular complexity index is 1080. The van der Waals surface area contributed by atoms with Crippen LogP contribution in [0.25, 0.3) is 0 Å². The monoisotopic (exact) mass is 619 g/mol. The maximum absolute atomic E-state index is 13.4. The Morgan fingerprint density at radius 3 is 2.02 bits per heavy atom. The fourth-order valence-electron chi connectivity index (χ4n) is 4.76. The van der Waals surface area contributed by atoms with Crippen molar-refractivity contribution in [2.75, 3.05) is 14.2 Å². The lowest BCUT2D eigenvalue weighted by Crippen LogP contribution is -2.55. The molecule has 0 heterocycles. The highest BCUT2D eigenvalue weighted by molar-refractivity contribution is 5.95. The number of benzene rings is 1. The normalized spacial score (nSPS) is 13.9. The van der Waals surface area contributed by atoms with Crippen LogP contribution in [0.2, 0.25) is 0 Å².